The van der Waals surface area contributed by atoms with Gasteiger partial charge in [0.25, 0.3) is 0 Å². The van der Waals surface area contributed by atoms with Gasteiger partial charge in [0.05, 0.1) is 19.3 Å². The first-order chi connectivity index (χ1) is 13.9. The van der Waals surface area contributed by atoms with Crippen molar-refractivity contribution in [2.45, 2.75) is 103 Å². The minimum absolute atomic E-state index is 0.240. The summed E-state index contributed by atoms with van der Waals surface area (Å²) in [6.45, 7) is 1.39. The third-order valence-corrected chi connectivity index (χ3v) is 5.18. The van der Waals surface area contributed by atoms with E-state index in [0.717, 1.165) is 32.1 Å². The summed E-state index contributed by atoms with van der Waals surface area (Å²) >= 11 is 0. The van der Waals surface area contributed by atoms with Gasteiger partial charge in [-0.05, 0) is 32.1 Å². The Balaban J connectivity index is 3.49. The lowest BCUT2D eigenvalue weighted by atomic mass is 10.1. The van der Waals surface area contributed by atoms with Crippen molar-refractivity contribution in [2.24, 2.45) is 0 Å². The number of unbranched alkanes of at least 4 members (excludes halogenated alkanes) is 11. The number of aliphatic hydroxyl groups is 1. The van der Waals surface area contributed by atoms with Crippen molar-refractivity contribution in [1.82, 2.24) is 5.32 Å². The molecule has 0 bridgehead atoms. The molecule has 1 unspecified atom stereocenters. The molecule has 0 aliphatic rings. The van der Waals surface area contributed by atoms with Crippen molar-refractivity contribution in [3.63, 3.8) is 0 Å². The fourth-order valence-electron chi connectivity index (χ4n) is 2.98. The van der Waals surface area contributed by atoms with E-state index in [2.05, 4.69) is 28.9 Å². The maximum absolute atomic E-state index is 11.8. The summed E-state index contributed by atoms with van der Waals surface area (Å²) < 4.78 is 14.9. The maximum Gasteiger partial charge on any atom is 0.469 e. The van der Waals surface area contributed by atoms with E-state index in [4.69, 9.17) is 14.9 Å². The molecule has 0 aliphatic carbocycles. The lowest BCUT2D eigenvalue weighted by molar-refractivity contribution is -0.122. The summed E-state index contributed by atoms with van der Waals surface area (Å²) in [5.41, 5.74) is 0. The van der Waals surface area contributed by atoms with Crippen LogP contribution in [0.15, 0.2) is 12.2 Å². The van der Waals surface area contributed by atoms with Gasteiger partial charge >= 0.3 is 7.82 Å². The molecule has 0 spiro atoms. The summed E-state index contributed by atoms with van der Waals surface area (Å²) in [6.07, 6.45) is 20.4. The van der Waals surface area contributed by atoms with Crippen LogP contribution in [0.5, 0.6) is 0 Å². The first-order valence-corrected chi connectivity index (χ1v) is 12.7. The van der Waals surface area contributed by atoms with Crippen LogP contribution in [-0.2, 0) is 13.9 Å². The van der Waals surface area contributed by atoms with E-state index >= 15 is 0 Å². The number of nitrogens with one attached hydrogen (secondary N) is 1. The van der Waals surface area contributed by atoms with Crippen molar-refractivity contribution >= 4 is 13.7 Å². The van der Waals surface area contributed by atoms with E-state index in [9.17, 15) is 9.36 Å². The van der Waals surface area contributed by atoms with Gasteiger partial charge in [-0.15, -0.1) is 0 Å². The number of rotatable bonds is 20. The highest BCUT2D eigenvalue weighted by Gasteiger charge is 2.19. The van der Waals surface area contributed by atoms with Crippen LogP contribution in [0.25, 0.3) is 0 Å². The van der Waals surface area contributed by atoms with Crippen LogP contribution in [0, 0.1) is 0 Å². The SMILES string of the molecule is CCCCCCCC/C=C\CCCCCCCC(=O)NC(CO)COP(=O)(O)O. The molecule has 0 aliphatic heterocycles. The summed E-state index contributed by atoms with van der Waals surface area (Å²) in [5, 5.41) is 11.6. The second-order valence-electron chi connectivity index (χ2n) is 7.57. The van der Waals surface area contributed by atoms with E-state index in [0.29, 0.717) is 6.42 Å². The van der Waals surface area contributed by atoms with E-state index in [1.807, 2.05) is 0 Å². The van der Waals surface area contributed by atoms with Gasteiger partial charge in [-0.2, -0.15) is 0 Å². The highest BCUT2D eigenvalue weighted by atomic mass is 31.2. The molecule has 7 nitrogen and oxygen atoms in total. The molecule has 0 aromatic heterocycles. The molecule has 0 saturated carbocycles. The number of aliphatic hydroxyl groups excluding tert-OH is 1. The van der Waals surface area contributed by atoms with Crippen molar-refractivity contribution < 1.29 is 28.8 Å². The lowest BCUT2D eigenvalue weighted by Crippen LogP contribution is -2.40. The predicted molar refractivity (Wildman–Crippen MR) is 116 cm³/mol. The van der Waals surface area contributed by atoms with Gasteiger partial charge in [0.2, 0.25) is 5.91 Å². The van der Waals surface area contributed by atoms with Gasteiger partial charge in [-0.3, -0.25) is 9.32 Å². The Hall–Kier alpha value is -0.720. The zero-order valence-corrected chi connectivity index (χ0v) is 19.0. The zero-order valence-electron chi connectivity index (χ0n) is 18.1. The Morgan fingerprint density at radius 1 is 0.931 bits per heavy atom. The number of hydrogen-bond donors (Lipinski definition) is 4. The third-order valence-electron chi connectivity index (χ3n) is 4.70. The number of phosphoric ester groups is 1. The van der Waals surface area contributed by atoms with Crippen LogP contribution in [0.3, 0.4) is 0 Å². The van der Waals surface area contributed by atoms with E-state index < -0.39 is 27.1 Å². The minimum Gasteiger partial charge on any atom is -0.394 e. The zero-order chi connectivity index (χ0) is 21.8. The number of phosphoric acid groups is 1. The largest absolute Gasteiger partial charge is 0.469 e. The molecule has 4 N–H and O–H groups in total. The summed E-state index contributed by atoms with van der Waals surface area (Å²) in [5.74, 6) is -0.240. The smallest absolute Gasteiger partial charge is 0.394 e. The molecule has 29 heavy (non-hydrogen) atoms. The highest BCUT2D eigenvalue weighted by molar-refractivity contribution is 7.46. The van der Waals surface area contributed by atoms with Gasteiger partial charge in [0.1, 0.15) is 0 Å². The van der Waals surface area contributed by atoms with Crippen molar-refractivity contribution in [2.75, 3.05) is 13.2 Å². The van der Waals surface area contributed by atoms with E-state index in [-0.39, 0.29) is 5.91 Å². The molecular formula is C21H42NO6P. The van der Waals surface area contributed by atoms with Crippen molar-refractivity contribution in [1.29, 1.82) is 0 Å². The highest BCUT2D eigenvalue weighted by Crippen LogP contribution is 2.35. The van der Waals surface area contributed by atoms with Gasteiger partial charge in [0.15, 0.2) is 0 Å². The van der Waals surface area contributed by atoms with Gasteiger partial charge in [-0.1, -0.05) is 70.4 Å². The minimum atomic E-state index is -4.60. The number of hydrogen-bond acceptors (Lipinski definition) is 4. The molecule has 172 valence electrons. The quantitative estimate of drug-likeness (QED) is 0.126. The fourth-order valence-corrected chi connectivity index (χ4v) is 3.36. The maximum atomic E-state index is 11.8. The van der Waals surface area contributed by atoms with Gasteiger partial charge < -0.3 is 20.2 Å². The summed E-state index contributed by atoms with van der Waals surface area (Å²) in [4.78, 5) is 29.1. The third kappa shape index (κ3) is 21.8. The second kappa shape index (κ2) is 19.3. The Kier molecular flexibility index (Phi) is 18.8. The van der Waals surface area contributed by atoms with Gasteiger partial charge in [0, 0.05) is 6.42 Å². The molecule has 8 heteroatoms. The first kappa shape index (κ1) is 28.3. The topological polar surface area (TPSA) is 116 Å². The molecule has 0 saturated heterocycles. The second-order valence-corrected chi connectivity index (χ2v) is 8.81. The van der Waals surface area contributed by atoms with Crippen LogP contribution in [-0.4, -0.2) is 40.1 Å². The molecule has 0 rings (SSSR count). The molecule has 0 fully saturated rings. The molecular weight excluding hydrogens is 393 g/mol. The summed E-state index contributed by atoms with van der Waals surface area (Å²) in [6, 6.07) is -0.807. The number of amides is 1. The summed E-state index contributed by atoms with van der Waals surface area (Å²) in [7, 11) is -4.60. The predicted octanol–water partition coefficient (Wildman–Crippen LogP) is 4.61. The Labute approximate surface area is 176 Å². The van der Waals surface area contributed by atoms with Crippen LogP contribution < -0.4 is 5.32 Å². The molecule has 0 aromatic rings. The van der Waals surface area contributed by atoms with Crippen LogP contribution in [0.4, 0.5) is 0 Å². The molecule has 0 heterocycles. The molecule has 0 aromatic carbocycles. The van der Waals surface area contributed by atoms with Crippen LogP contribution in [0.1, 0.15) is 96.8 Å². The van der Waals surface area contributed by atoms with E-state index in [1.165, 1.54) is 51.4 Å². The Morgan fingerprint density at radius 3 is 1.97 bits per heavy atom. The van der Waals surface area contributed by atoms with E-state index in [1.54, 1.807) is 0 Å². The van der Waals surface area contributed by atoms with Crippen molar-refractivity contribution in [3.8, 4) is 0 Å². The number of carbonyl (C=O) groups is 1. The lowest BCUT2D eigenvalue weighted by Gasteiger charge is -2.16. The van der Waals surface area contributed by atoms with Crippen LogP contribution in [0.2, 0.25) is 0 Å². The van der Waals surface area contributed by atoms with Crippen molar-refractivity contribution in [3.05, 3.63) is 12.2 Å². The van der Waals surface area contributed by atoms with Crippen LogP contribution >= 0.6 is 7.82 Å². The molecule has 1 amide bonds. The Bertz CT molecular complexity index is 466. The average molecular weight is 436 g/mol. The standard InChI is InChI=1S/C21H42NO6P/c1-2-3-4-5-6-7-8-9-10-11-12-13-14-15-16-17-21(24)22-20(18-23)19-28-29(25,26)27/h9-10,20,23H,2-8,11-19H2,1H3,(H,22,24)(H2,25,26,27)/b10-9-. The molecule has 0 radical (unpaired) electrons. The fraction of sp³-hybridized carbons (Fsp3) is 0.857. The van der Waals surface area contributed by atoms with Gasteiger partial charge in [-0.25, -0.2) is 4.57 Å². The number of allylic oxidation sites excluding steroid dienone is 2. The Morgan fingerprint density at radius 2 is 1.45 bits per heavy atom. The average Bonchev–Trinajstić information content (AvgIpc) is 2.67. The monoisotopic (exact) mass is 435 g/mol. The normalized spacial score (nSPS) is 13.1. The molecule has 1 atom stereocenters. The number of carbonyl (C=O) groups excluding carboxylic acids is 1. The first-order valence-electron chi connectivity index (χ1n) is 11.1.